The molecule has 0 aliphatic heterocycles. The number of fused-ring (bicyclic) bond motifs is 10. The zero-order chi connectivity index (χ0) is 36.0. The lowest BCUT2D eigenvalue weighted by Crippen LogP contribution is -1.91. The van der Waals surface area contributed by atoms with Crippen molar-refractivity contribution in [3.63, 3.8) is 0 Å². The molecule has 0 aliphatic carbocycles. The molecule has 1 heterocycles. The summed E-state index contributed by atoms with van der Waals surface area (Å²) in [5.41, 5.74) is 9.32. The molecule has 0 aliphatic rings. The molecule has 254 valence electrons. The molecule has 0 unspecified atom stereocenters. The van der Waals surface area contributed by atoms with Crippen LogP contribution in [0.3, 0.4) is 0 Å². The van der Waals surface area contributed by atoms with Gasteiger partial charge in [0.1, 0.15) is 11.2 Å². The fraction of sp³-hybridized carbons (Fsp3) is 0. The summed E-state index contributed by atoms with van der Waals surface area (Å²) in [4.78, 5) is 0. The van der Waals surface area contributed by atoms with Crippen molar-refractivity contribution in [3.8, 4) is 33.4 Å². The Morgan fingerprint density at radius 2 is 0.655 bits per heavy atom. The van der Waals surface area contributed by atoms with Crippen LogP contribution in [0, 0.1) is 0 Å². The molecule has 1 aromatic heterocycles. The van der Waals surface area contributed by atoms with Gasteiger partial charge in [-0.25, -0.2) is 0 Å². The first kappa shape index (κ1) is 30.3. The van der Waals surface area contributed by atoms with Gasteiger partial charge in [-0.1, -0.05) is 152 Å². The summed E-state index contributed by atoms with van der Waals surface area (Å²) in [7, 11) is 0. The molecule has 0 N–H and O–H groups in total. The highest BCUT2D eigenvalue weighted by molar-refractivity contribution is 6.22. The van der Waals surface area contributed by atoms with Gasteiger partial charge >= 0.3 is 0 Å². The summed E-state index contributed by atoms with van der Waals surface area (Å²) < 4.78 is 6.52. The van der Waals surface area contributed by atoms with E-state index in [9.17, 15) is 0 Å². The fourth-order valence-electron chi connectivity index (χ4n) is 9.10. The highest BCUT2D eigenvalue weighted by atomic mass is 16.3. The molecule has 1 heteroatoms. The van der Waals surface area contributed by atoms with Gasteiger partial charge in [0.05, 0.1) is 0 Å². The Labute approximate surface area is 317 Å². The maximum atomic E-state index is 6.52. The van der Waals surface area contributed by atoms with Crippen LogP contribution >= 0.6 is 0 Å². The summed E-state index contributed by atoms with van der Waals surface area (Å²) in [6.45, 7) is 0. The summed E-state index contributed by atoms with van der Waals surface area (Å²) in [6.07, 6.45) is 0. The monoisotopic (exact) mass is 696 g/mol. The minimum Gasteiger partial charge on any atom is -0.455 e. The predicted molar refractivity (Wildman–Crippen MR) is 235 cm³/mol. The van der Waals surface area contributed by atoms with Crippen molar-refractivity contribution in [1.82, 2.24) is 0 Å². The number of benzene rings is 11. The van der Waals surface area contributed by atoms with Crippen LogP contribution in [0.15, 0.2) is 199 Å². The molecular weight excluding hydrogens is 665 g/mol. The fourth-order valence-corrected chi connectivity index (χ4v) is 9.10. The first-order chi connectivity index (χ1) is 27.2. The zero-order valence-corrected chi connectivity index (χ0v) is 29.9. The highest BCUT2D eigenvalue weighted by Gasteiger charge is 2.18. The third-order valence-corrected chi connectivity index (χ3v) is 11.8. The molecule has 0 bridgehead atoms. The smallest absolute Gasteiger partial charge is 0.143 e. The van der Waals surface area contributed by atoms with E-state index in [0.717, 1.165) is 27.3 Å². The molecule has 0 saturated carbocycles. The van der Waals surface area contributed by atoms with Crippen LogP contribution in [0.1, 0.15) is 0 Å². The van der Waals surface area contributed by atoms with E-state index in [1.807, 2.05) is 0 Å². The van der Waals surface area contributed by atoms with Crippen LogP contribution in [0.4, 0.5) is 0 Å². The Morgan fingerprint density at radius 1 is 0.236 bits per heavy atom. The average Bonchev–Trinajstić information content (AvgIpc) is 3.61. The molecule has 12 rings (SSSR count). The van der Waals surface area contributed by atoms with Gasteiger partial charge in [0.2, 0.25) is 0 Å². The van der Waals surface area contributed by atoms with Gasteiger partial charge in [-0.2, -0.15) is 0 Å². The molecule has 0 atom stereocenters. The summed E-state index contributed by atoms with van der Waals surface area (Å²) in [5.74, 6) is 0. The molecule has 11 aromatic carbocycles. The van der Waals surface area contributed by atoms with Crippen molar-refractivity contribution >= 4 is 86.6 Å². The quantitative estimate of drug-likeness (QED) is 0.168. The highest BCUT2D eigenvalue weighted by Crippen LogP contribution is 2.45. The lowest BCUT2D eigenvalue weighted by atomic mass is 9.85. The normalized spacial score (nSPS) is 12.0. The van der Waals surface area contributed by atoms with E-state index in [-0.39, 0.29) is 0 Å². The van der Waals surface area contributed by atoms with Gasteiger partial charge < -0.3 is 4.42 Å². The molecule has 12 aromatic rings. The lowest BCUT2D eigenvalue weighted by molar-refractivity contribution is 0.673. The number of hydrogen-bond acceptors (Lipinski definition) is 1. The Hall–Kier alpha value is -7.22. The standard InChI is InChI=1S/C54H32O/c1-2-11-35-28-41(23-17-33(35)9-1)52-45-13-5-7-15-47(45)53(48-16-8-6-14-46(48)52)42-24-22-37-27-36(18-19-38(37)29-42)39-20-21-40-31-50-49-26-25-34-10-3-4-12-44(34)54(49)55-51(50)32-43(40)30-39/h1-32H. The van der Waals surface area contributed by atoms with Gasteiger partial charge in [-0.15, -0.1) is 0 Å². The Morgan fingerprint density at radius 3 is 1.27 bits per heavy atom. The number of rotatable bonds is 3. The van der Waals surface area contributed by atoms with Crippen molar-refractivity contribution in [2.45, 2.75) is 0 Å². The van der Waals surface area contributed by atoms with Crippen LogP contribution in [0.5, 0.6) is 0 Å². The van der Waals surface area contributed by atoms with Crippen LogP contribution in [-0.2, 0) is 0 Å². The van der Waals surface area contributed by atoms with Gasteiger partial charge in [0, 0.05) is 16.2 Å². The average molecular weight is 697 g/mol. The summed E-state index contributed by atoms with van der Waals surface area (Å²) >= 11 is 0. The van der Waals surface area contributed by atoms with Crippen LogP contribution < -0.4 is 0 Å². The second-order valence-corrected chi connectivity index (χ2v) is 14.9. The zero-order valence-electron chi connectivity index (χ0n) is 29.9. The largest absolute Gasteiger partial charge is 0.455 e. The van der Waals surface area contributed by atoms with Gasteiger partial charge in [0.25, 0.3) is 0 Å². The van der Waals surface area contributed by atoms with E-state index >= 15 is 0 Å². The predicted octanol–water partition coefficient (Wildman–Crippen LogP) is 15.5. The Kier molecular flexibility index (Phi) is 6.40. The van der Waals surface area contributed by atoms with Crippen molar-refractivity contribution in [3.05, 3.63) is 194 Å². The van der Waals surface area contributed by atoms with Crippen molar-refractivity contribution < 1.29 is 4.42 Å². The molecule has 55 heavy (non-hydrogen) atoms. The lowest BCUT2D eigenvalue weighted by Gasteiger charge is -2.18. The minimum atomic E-state index is 0.924. The van der Waals surface area contributed by atoms with Crippen molar-refractivity contribution in [1.29, 1.82) is 0 Å². The maximum Gasteiger partial charge on any atom is 0.143 e. The first-order valence-corrected chi connectivity index (χ1v) is 19.0. The first-order valence-electron chi connectivity index (χ1n) is 19.0. The van der Waals surface area contributed by atoms with E-state index < -0.39 is 0 Å². The van der Waals surface area contributed by atoms with Crippen LogP contribution in [0.2, 0.25) is 0 Å². The Bertz CT molecular complexity index is 3490. The van der Waals surface area contributed by atoms with E-state index in [1.54, 1.807) is 0 Å². The topological polar surface area (TPSA) is 13.1 Å². The van der Waals surface area contributed by atoms with Gasteiger partial charge in [-0.3, -0.25) is 0 Å². The van der Waals surface area contributed by atoms with Crippen molar-refractivity contribution in [2.75, 3.05) is 0 Å². The van der Waals surface area contributed by atoms with Gasteiger partial charge in [0.15, 0.2) is 0 Å². The Balaban J connectivity index is 0.969. The summed E-state index contributed by atoms with van der Waals surface area (Å²) in [5, 5.41) is 17.1. The van der Waals surface area contributed by atoms with Gasteiger partial charge in [-0.05, 0) is 135 Å². The van der Waals surface area contributed by atoms with E-state index in [1.165, 1.54) is 92.6 Å². The maximum absolute atomic E-state index is 6.52. The summed E-state index contributed by atoms with van der Waals surface area (Å²) in [6, 6.07) is 71.2. The van der Waals surface area contributed by atoms with E-state index in [4.69, 9.17) is 4.42 Å². The minimum absolute atomic E-state index is 0.924. The van der Waals surface area contributed by atoms with Crippen LogP contribution in [0.25, 0.3) is 120 Å². The molecule has 0 saturated heterocycles. The van der Waals surface area contributed by atoms with Crippen molar-refractivity contribution in [2.24, 2.45) is 0 Å². The molecule has 1 nitrogen and oxygen atoms in total. The molecule has 0 radical (unpaired) electrons. The SMILES string of the molecule is c1ccc2cc(-c3c4ccccc4c(-c4ccc5cc(-c6ccc7cc8c(cc7c6)oc6c7ccccc7ccc86)ccc5c4)c4ccccc34)ccc2c1. The molecule has 0 amide bonds. The second-order valence-electron chi connectivity index (χ2n) is 14.9. The third kappa shape index (κ3) is 4.67. The van der Waals surface area contributed by atoms with E-state index in [0.29, 0.717) is 0 Å². The second kappa shape index (κ2) is 11.6. The van der Waals surface area contributed by atoms with Crippen LogP contribution in [-0.4, -0.2) is 0 Å². The third-order valence-electron chi connectivity index (χ3n) is 11.8. The number of hydrogen-bond donors (Lipinski definition) is 0. The number of furan rings is 1. The molecular formula is C54H32O. The molecule has 0 fully saturated rings. The van der Waals surface area contributed by atoms with E-state index in [2.05, 4.69) is 194 Å². The molecule has 0 spiro atoms.